The van der Waals surface area contributed by atoms with Gasteiger partial charge in [-0.2, -0.15) is 0 Å². The molecule has 116 valence electrons. The molecular weight excluding hydrogens is 258 g/mol. The van der Waals surface area contributed by atoms with Crippen LogP contribution in [-0.2, 0) is 4.74 Å². The molecule has 2 aliphatic rings. The molecule has 1 aromatic rings. The summed E-state index contributed by atoms with van der Waals surface area (Å²) >= 11 is 0. The third-order valence-electron chi connectivity index (χ3n) is 5.63. The maximum atomic E-state index is 5.89. The van der Waals surface area contributed by atoms with E-state index in [4.69, 9.17) is 4.74 Å². The van der Waals surface area contributed by atoms with Gasteiger partial charge in [-0.3, -0.25) is 0 Å². The van der Waals surface area contributed by atoms with Crippen molar-refractivity contribution in [2.75, 3.05) is 6.61 Å². The Morgan fingerprint density at radius 2 is 1.71 bits per heavy atom. The number of ether oxygens (including phenoxy) is 1. The van der Waals surface area contributed by atoms with Crippen LogP contribution in [0.5, 0.6) is 0 Å². The first-order valence-corrected chi connectivity index (χ1v) is 8.38. The van der Waals surface area contributed by atoms with Gasteiger partial charge in [-0.1, -0.05) is 52.0 Å². The van der Waals surface area contributed by atoms with E-state index in [0.717, 1.165) is 6.61 Å². The molecule has 0 radical (unpaired) electrons. The zero-order valence-corrected chi connectivity index (χ0v) is 14.0. The van der Waals surface area contributed by atoms with Crippen LogP contribution in [0.3, 0.4) is 0 Å². The van der Waals surface area contributed by atoms with Crippen LogP contribution < -0.4 is 5.32 Å². The van der Waals surface area contributed by atoms with Crippen molar-refractivity contribution < 1.29 is 4.74 Å². The molecule has 0 aromatic heterocycles. The number of rotatable bonds is 4. The van der Waals surface area contributed by atoms with Crippen molar-refractivity contribution in [2.45, 2.75) is 65.1 Å². The fourth-order valence-corrected chi connectivity index (χ4v) is 4.20. The Morgan fingerprint density at radius 1 is 1.10 bits per heavy atom. The summed E-state index contributed by atoms with van der Waals surface area (Å²) in [5.41, 5.74) is 3.06. The quantitative estimate of drug-likeness (QED) is 0.892. The standard InChI is InChI=1S/C19H29NO/c1-12(2)14-6-8-15(9-7-14)13(3)20-17-16-10-11-21-18(16)19(17,4)5/h6-9,12-13,16-18,20H,10-11H2,1-5H3. The number of hydrogen-bond donors (Lipinski definition) is 1. The van der Waals surface area contributed by atoms with Crippen LogP contribution in [0.1, 0.15) is 64.1 Å². The Morgan fingerprint density at radius 3 is 2.33 bits per heavy atom. The zero-order chi connectivity index (χ0) is 15.2. The van der Waals surface area contributed by atoms with Gasteiger partial charge in [-0.25, -0.2) is 0 Å². The molecule has 1 saturated heterocycles. The van der Waals surface area contributed by atoms with Crippen molar-refractivity contribution in [3.8, 4) is 0 Å². The molecule has 1 aromatic carbocycles. The molecule has 1 saturated carbocycles. The number of nitrogens with one attached hydrogen (secondary N) is 1. The minimum Gasteiger partial charge on any atom is -0.377 e. The van der Waals surface area contributed by atoms with Gasteiger partial charge < -0.3 is 10.1 Å². The van der Waals surface area contributed by atoms with Crippen molar-refractivity contribution >= 4 is 0 Å². The van der Waals surface area contributed by atoms with Crippen LogP contribution in [0.15, 0.2) is 24.3 Å². The fourth-order valence-electron chi connectivity index (χ4n) is 4.20. The van der Waals surface area contributed by atoms with Gasteiger partial charge in [-0.05, 0) is 30.4 Å². The molecule has 2 nitrogen and oxygen atoms in total. The molecule has 4 atom stereocenters. The van der Waals surface area contributed by atoms with Crippen LogP contribution in [0.4, 0.5) is 0 Å². The van der Waals surface area contributed by atoms with E-state index in [-0.39, 0.29) is 5.41 Å². The number of fused-ring (bicyclic) bond motifs is 1. The van der Waals surface area contributed by atoms with Gasteiger partial charge in [0.05, 0.1) is 6.10 Å². The van der Waals surface area contributed by atoms with Gasteiger partial charge in [0.1, 0.15) is 0 Å². The molecule has 2 fully saturated rings. The largest absolute Gasteiger partial charge is 0.377 e. The normalized spacial score (nSPS) is 31.8. The van der Waals surface area contributed by atoms with E-state index in [9.17, 15) is 0 Å². The Balaban J connectivity index is 1.67. The first kappa shape index (κ1) is 15.1. The smallest absolute Gasteiger partial charge is 0.0685 e. The minimum absolute atomic E-state index is 0.257. The number of hydrogen-bond acceptors (Lipinski definition) is 2. The molecule has 4 unspecified atom stereocenters. The van der Waals surface area contributed by atoms with Crippen LogP contribution in [-0.4, -0.2) is 18.8 Å². The Bertz CT molecular complexity index is 491. The predicted molar refractivity (Wildman–Crippen MR) is 87.5 cm³/mol. The molecular formula is C19H29NO. The van der Waals surface area contributed by atoms with Gasteiger partial charge in [0.25, 0.3) is 0 Å². The second-order valence-corrected chi connectivity index (χ2v) is 7.75. The van der Waals surface area contributed by atoms with Gasteiger partial charge in [0.2, 0.25) is 0 Å². The van der Waals surface area contributed by atoms with E-state index < -0.39 is 0 Å². The highest BCUT2D eigenvalue weighted by Gasteiger charge is 2.59. The van der Waals surface area contributed by atoms with Gasteiger partial charge in [0, 0.05) is 30.0 Å². The first-order valence-electron chi connectivity index (χ1n) is 8.38. The fraction of sp³-hybridized carbons (Fsp3) is 0.684. The monoisotopic (exact) mass is 287 g/mol. The van der Waals surface area contributed by atoms with Gasteiger partial charge in [-0.15, -0.1) is 0 Å². The second kappa shape index (κ2) is 5.40. The lowest BCUT2D eigenvalue weighted by Crippen LogP contribution is -2.66. The molecule has 21 heavy (non-hydrogen) atoms. The summed E-state index contributed by atoms with van der Waals surface area (Å²) in [6.07, 6.45) is 1.68. The summed E-state index contributed by atoms with van der Waals surface area (Å²) in [7, 11) is 0. The molecule has 1 heterocycles. The topological polar surface area (TPSA) is 21.3 Å². The van der Waals surface area contributed by atoms with E-state index in [1.165, 1.54) is 17.5 Å². The molecule has 1 N–H and O–H groups in total. The molecule has 1 aliphatic heterocycles. The van der Waals surface area contributed by atoms with Crippen LogP contribution in [0.2, 0.25) is 0 Å². The van der Waals surface area contributed by atoms with E-state index in [0.29, 0.717) is 30.0 Å². The minimum atomic E-state index is 0.257. The highest BCUT2D eigenvalue weighted by molar-refractivity contribution is 5.27. The zero-order valence-electron chi connectivity index (χ0n) is 14.0. The molecule has 0 spiro atoms. The van der Waals surface area contributed by atoms with Crippen molar-refractivity contribution in [2.24, 2.45) is 11.3 Å². The molecule has 3 rings (SSSR count). The first-order chi connectivity index (χ1) is 9.91. The average Bonchev–Trinajstić information content (AvgIpc) is 2.91. The third kappa shape index (κ3) is 2.53. The Labute approximate surface area is 129 Å². The summed E-state index contributed by atoms with van der Waals surface area (Å²) in [6.45, 7) is 12.4. The molecule has 1 aliphatic carbocycles. The summed E-state index contributed by atoms with van der Waals surface area (Å²) < 4.78 is 5.89. The lowest BCUT2D eigenvalue weighted by molar-refractivity contribution is -0.115. The van der Waals surface area contributed by atoms with E-state index in [1.54, 1.807) is 0 Å². The maximum Gasteiger partial charge on any atom is 0.0685 e. The van der Waals surface area contributed by atoms with Crippen LogP contribution in [0.25, 0.3) is 0 Å². The van der Waals surface area contributed by atoms with Crippen LogP contribution in [0, 0.1) is 11.3 Å². The SMILES string of the molecule is CC(C)c1ccc(C(C)NC2C3CCOC3C2(C)C)cc1. The Hall–Kier alpha value is -0.860. The Kier molecular flexibility index (Phi) is 3.87. The molecule has 2 heteroatoms. The van der Waals surface area contributed by atoms with E-state index in [2.05, 4.69) is 64.2 Å². The highest BCUT2D eigenvalue weighted by Crippen LogP contribution is 2.52. The summed E-state index contributed by atoms with van der Waals surface area (Å²) in [4.78, 5) is 0. The predicted octanol–water partition coefficient (Wildman–Crippen LogP) is 4.27. The lowest BCUT2D eigenvalue weighted by atomic mass is 9.57. The highest BCUT2D eigenvalue weighted by atomic mass is 16.5. The average molecular weight is 287 g/mol. The van der Waals surface area contributed by atoms with Gasteiger partial charge >= 0.3 is 0 Å². The van der Waals surface area contributed by atoms with E-state index in [1.807, 2.05) is 0 Å². The van der Waals surface area contributed by atoms with Crippen molar-refractivity contribution in [3.05, 3.63) is 35.4 Å². The van der Waals surface area contributed by atoms with E-state index >= 15 is 0 Å². The molecule has 0 bridgehead atoms. The van der Waals surface area contributed by atoms with Crippen LogP contribution >= 0.6 is 0 Å². The second-order valence-electron chi connectivity index (χ2n) is 7.75. The molecule has 0 amide bonds. The van der Waals surface area contributed by atoms with Crippen molar-refractivity contribution in [3.63, 3.8) is 0 Å². The lowest BCUT2D eigenvalue weighted by Gasteiger charge is -2.55. The van der Waals surface area contributed by atoms with Crippen molar-refractivity contribution in [1.82, 2.24) is 5.32 Å². The van der Waals surface area contributed by atoms with Gasteiger partial charge in [0.15, 0.2) is 0 Å². The summed E-state index contributed by atoms with van der Waals surface area (Å²) in [6, 6.07) is 10.1. The maximum absolute atomic E-state index is 5.89. The third-order valence-corrected chi connectivity index (χ3v) is 5.63. The van der Waals surface area contributed by atoms with Crippen molar-refractivity contribution in [1.29, 1.82) is 0 Å². The number of benzene rings is 1. The summed E-state index contributed by atoms with van der Waals surface area (Å²) in [5, 5.41) is 3.86. The summed E-state index contributed by atoms with van der Waals surface area (Å²) in [5.74, 6) is 1.31.